The van der Waals surface area contributed by atoms with Crippen LogP contribution in [0.5, 0.6) is 0 Å². The van der Waals surface area contributed by atoms with E-state index >= 15 is 0 Å². The molecule has 0 bridgehead atoms. The van der Waals surface area contributed by atoms with E-state index in [9.17, 15) is 9.00 Å². The topological polar surface area (TPSA) is 58.2 Å². The van der Waals surface area contributed by atoms with Crippen molar-refractivity contribution < 1.29 is 9.00 Å². The van der Waals surface area contributed by atoms with Gasteiger partial charge in [-0.3, -0.25) is 4.21 Å². The summed E-state index contributed by atoms with van der Waals surface area (Å²) < 4.78 is 12.2. The molecule has 0 aliphatic heterocycles. The fourth-order valence-electron chi connectivity index (χ4n) is 2.45. The number of rotatable bonds is 4. The Morgan fingerprint density at radius 1 is 1.21 bits per heavy atom. The Bertz CT molecular complexity index is 331. The monoisotopic (exact) mass is 288 g/mol. The first-order chi connectivity index (χ1) is 8.79. The molecule has 0 saturated heterocycles. The number of hydrogen-bond donors (Lipinski definition) is 2. The van der Waals surface area contributed by atoms with Crippen molar-refractivity contribution in [2.75, 3.05) is 12.3 Å². The minimum Gasteiger partial charge on any atom is -0.338 e. The third-order valence-corrected chi connectivity index (χ3v) is 5.80. The van der Waals surface area contributed by atoms with Crippen LogP contribution in [-0.4, -0.2) is 32.8 Å². The SMILES string of the molecule is CCNC(=O)NC1(CS(=O)C(C)(C)C)CCCCC1. The molecule has 1 saturated carbocycles. The van der Waals surface area contributed by atoms with Gasteiger partial charge in [0.2, 0.25) is 0 Å². The highest BCUT2D eigenvalue weighted by Gasteiger charge is 2.37. The van der Waals surface area contributed by atoms with Gasteiger partial charge in [0.25, 0.3) is 0 Å². The second-order valence-electron chi connectivity index (χ2n) is 6.43. The van der Waals surface area contributed by atoms with E-state index < -0.39 is 10.8 Å². The lowest BCUT2D eigenvalue weighted by Crippen LogP contribution is -2.57. The first-order valence-corrected chi connectivity index (χ1v) is 8.55. The molecule has 0 radical (unpaired) electrons. The molecule has 1 atom stereocenters. The molecular weight excluding hydrogens is 260 g/mol. The van der Waals surface area contributed by atoms with Crippen LogP contribution in [0.2, 0.25) is 0 Å². The number of urea groups is 1. The fraction of sp³-hybridized carbons (Fsp3) is 0.929. The second-order valence-corrected chi connectivity index (χ2v) is 8.63. The Morgan fingerprint density at radius 3 is 2.26 bits per heavy atom. The van der Waals surface area contributed by atoms with Gasteiger partial charge in [0.1, 0.15) is 0 Å². The third-order valence-electron chi connectivity index (χ3n) is 3.62. The molecule has 112 valence electrons. The first-order valence-electron chi connectivity index (χ1n) is 7.23. The first kappa shape index (κ1) is 16.5. The molecule has 1 fully saturated rings. The van der Waals surface area contributed by atoms with E-state index in [0.29, 0.717) is 12.3 Å². The Morgan fingerprint density at radius 2 is 1.79 bits per heavy atom. The number of amides is 2. The van der Waals surface area contributed by atoms with Crippen molar-refractivity contribution in [3.8, 4) is 0 Å². The lowest BCUT2D eigenvalue weighted by Gasteiger charge is -2.39. The average molecular weight is 288 g/mol. The van der Waals surface area contributed by atoms with Gasteiger partial charge in [0.05, 0.1) is 5.54 Å². The van der Waals surface area contributed by atoms with Crippen molar-refractivity contribution in [2.24, 2.45) is 0 Å². The number of nitrogens with one attached hydrogen (secondary N) is 2. The van der Waals surface area contributed by atoms with Crippen LogP contribution < -0.4 is 10.6 Å². The Kier molecular flexibility index (Phi) is 5.83. The molecule has 2 N–H and O–H groups in total. The summed E-state index contributed by atoms with van der Waals surface area (Å²) in [6.45, 7) is 8.49. The predicted molar refractivity (Wildman–Crippen MR) is 80.8 cm³/mol. The largest absolute Gasteiger partial charge is 0.338 e. The maximum atomic E-state index is 12.4. The standard InChI is InChI=1S/C14H28N2O2S/c1-5-15-12(17)16-14(9-7-6-8-10-14)11-19(18)13(2,3)4/h5-11H2,1-4H3,(H2,15,16,17). The Hall–Kier alpha value is -0.580. The third kappa shape index (κ3) is 5.13. The molecular formula is C14H28N2O2S. The van der Waals surface area contributed by atoms with Crippen molar-refractivity contribution in [2.45, 2.75) is 70.1 Å². The zero-order valence-electron chi connectivity index (χ0n) is 12.7. The molecule has 1 rings (SSSR count). The van der Waals surface area contributed by atoms with E-state index in [1.54, 1.807) is 0 Å². The molecule has 1 aliphatic rings. The molecule has 0 aromatic heterocycles. The lowest BCUT2D eigenvalue weighted by molar-refractivity contribution is 0.213. The van der Waals surface area contributed by atoms with E-state index in [4.69, 9.17) is 0 Å². The normalized spacial score (nSPS) is 20.6. The fourth-order valence-corrected chi connectivity index (χ4v) is 3.74. The summed E-state index contributed by atoms with van der Waals surface area (Å²) in [5.41, 5.74) is -0.282. The van der Waals surface area contributed by atoms with E-state index in [2.05, 4.69) is 10.6 Å². The van der Waals surface area contributed by atoms with Gasteiger partial charge >= 0.3 is 6.03 Å². The summed E-state index contributed by atoms with van der Waals surface area (Å²) in [5, 5.41) is 5.87. The zero-order valence-corrected chi connectivity index (χ0v) is 13.5. The van der Waals surface area contributed by atoms with Crippen molar-refractivity contribution in [1.29, 1.82) is 0 Å². The molecule has 2 amide bonds. The van der Waals surface area contributed by atoms with Gasteiger partial charge in [-0.2, -0.15) is 0 Å². The van der Waals surface area contributed by atoms with Gasteiger partial charge < -0.3 is 10.6 Å². The summed E-state index contributed by atoms with van der Waals surface area (Å²) >= 11 is 0. The molecule has 0 aromatic rings. The van der Waals surface area contributed by atoms with Gasteiger partial charge in [-0.25, -0.2) is 4.79 Å². The van der Waals surface area contributed by atoms with Crippen molar-refractivity contribution in [1.82, 2.24) is 10.6 Å². The molecule has 1 unspecified atom stereocenters. The minimum absolute atomic E-state index is 0.129. The van der Waals surface area contributed by atoms with Gasteiger partial charge in [-0.05, 0) is 40.5 Å². The Balaban J connectivity index is 2.75. The van der Waals surface area contributed by atoms with Crippen LogP contribution in [0.1, 0.15) is 59.8 Å². The zero-order chi connectivity index (χ0) is 14.5. The molecule has 19 heavy (non-hydrogen) atoms. The maximum Gasteiger partial charge on any atom is 0.315 e. The van der Waals surface area contributed by atoms with Gasteiger partial charge in [-0.1, -0.05) is 19.3 Å². The van der Waals surface area contributed by atoms with E-state index in [0.717, 1.165) is 25.7 Å². The molecule has 0 spiro atoms. The Labute approximate surface area is 119 Å². The van der Waals surface area contributed by atoms with Crippen LogP contribution >= 0.6 is 0 Å². The van der Waals surface area contributed by atoms with Gasteiger partial charge in [-0.15, -0.1) is 0 Å². The summed E-state index contributed by atoms with van der Waals surface area (Å²) in [6.07, 6.45) is 5.29. The molecule has 5 heteroatoms. The number of hydrogen-bond acceptors (Lipinski definition) is 2. The highest BCUT2D eigenvalue weighted by molar-refractivity contribution is 7.86. The van der Waals surface area contributed by atoms with Crippen molar-refractivity contribution in [3.05, 3.63) is 0 Å². The highest BCUT2D eigenvalue weighted by atomic mass is 32.2. The lowest BCUT2D eigenvalue weighted by atomic mass is 9.83. The van der Waals surface area contributed by atoms with Crippen molar-refractivity contribution >= 4 is 16.8 Å². The van der Waals surface area contributed by atoms with Crippen LogP contribution in [0.25, 0.3) is 0 Å². The van der Waals surface area contributed by atoms with Crippen molar-refractivity contribution in [3.63, 3.8) is 0 Å². The average Bonchev–Trinajstić information content (AvgIpc) is 2.28. The second kappa shape index (κ2) is 6.73. The summed E-state index contributed by atoms with van der Waals surface area (Å²) in [5.74, 6) is 0.563. The van der Waals surface area contributed by atoms with Gasteiger partial charge in [0, 0.05) is 27.8 Å². The smallest absolute Gasteiger partial charge is 0.315 e. The number of carbonyl (C=O) groups is 1. The quantitative estimate of drug-likeness (QED) is 0.835. The summed E-state index contributed by atoms with van der Waals surface area (Å²) in [4.78, 5) is 11.8. The van der Waals surface area contributed by atoms with Crippen LogP contribution in [-0.2, 0) is 10.8 Å². The minimum atomic E-state index is -0.937. The maximum absolute atomic E-state index is 12.4. The van der Waals surface area contributed by atoms with Crippen LogP contribution in [0.4, 0.5) is 4.79 Å². The summed E-state index contributed by atoms with van der Waals surface area (Å²) in [7, 11) is -0.937. The number of carbonyl (C=O) groups excluding carboxylic acids is 1. The summed E-state index contributed by atoms with van der Waals surface area (Å²) in [6, 6.07) is -0.129. The van der Waals surface area contributed by atoms with Crippen LogP contribution in [0, 0.1) is 0 Å². The van der Waals surface area contributed by atoms with E-state index in [1.807, 2.05) is 27.7 Å². The van der Waals surface area contributed by atoms with E-state index in [1.165, 1.54) is 6.42 Å². The van der Waals surface area contributed by atoms with Gasteiger partial charge in [0.15, 0.2) is 0 Å². The highest BCUT2D eigenvalue weighted by Crippen LogP contribution is 2.31. The molecule has 0 aromatic carbocycles. The predicted octanol–water partition coefficient (Wildman–Crippen LogP) is 2.56. The van der Waals surface area contributed by atoms with E-state index in [-0.39, 0.29) is 16.3 Å². The molecule has 4 nitrogen and oxygen atoms in total. The van der Waals surface area contributed by atoms with Crippen LogP contribution in [0.15, 0.2) is 0 Å². The molecule has 0 heterocycles. The van der Waals surface area contributed by atoms with Crippen LogP contribution in [0.3, 0.4) is 0 Å². The molecule has 1 aliphatic carbocycles.